The van der Waals surface area contributed by atoms with Gasteiger partial charge in [-0.25, -0.2) is 18.2 Å². The van der Waals surface area contributed by atoms with Crippen molar-refractivity contribution in [3.8, 4) is 11.1 Å². The van der Waals surface area contributed by atoms with Crippen molar-refractivity contribution in [1.82, 2.24) is 9.55 Å². The lowest BCUT2D eigenvalue weighted by Crippen LogP contribution is -2.16. The lowest BCUT2D eigenvalue weighted by molar-refractivity contribution is 0.0697. The Morgan fingerprint density at radius 2 is 1.75 bits per heavy atom. The van der Waals surface area contributed by atoms with Gasteiger partial charge in [0.05, 0.1) is 17.9 Å². The summed E-state index contributed by atoms with van der Waals surface area (Å²) in [6.45, 7) is 3.49. The number of aliphatic hydroxyl groups excluding tert-OH is 1. The molecule has 0 aliphatic rings. The number of aromatic carboxylic acids is 1. The molecule has 0 radical (unpaired) electrons. The number of imidazole rings is 1. The molecule has 0 amide bonds. The molecule has 3 rings (SSSR count). The quantitative estimate of drug-likeness (QED) is 0.478. The summed E-state index contributed by atoms with van der Waals surface area (Å²) in [5.41, 5.74) is 2.65. The molecule has 0 aliphatic carbocycles. The van der Waals surface area contributed by atoms with Crippen molar-refractivity contribution in [2.75, 3.05) is 5.75 Å². The largest absolute Gasteiger partial charge is 0.478 e. The highest BCUT2D eigenvalue weighted by molar-refractivity contribution is 7.91. The number of sulfone groups is 1. The second-order valence-electron chi connectivity index (χ2n) is 7.58. The highest BCUT2D eigenvalue weighted by Crippen LogP contribution is 2.26. The molecule has 0 aliphatic heterocycles. The molecule has 0 fully saturated rings. The van der Waals surface area contributed by atoms with E-state index in [-0.39, 0.29) is 22.0 Å². The van der Waals surface area contributed by atoms with Crippen molar-refractivity contribution in [2.24, 2.45) is 0 Å². The predicted molar refractivity (Wildman–Crippen MR) is 122 cm³/mol. The van der Waals surface area contributed by atoms with Gasteiger partial charge in [-0.2, -0.15) is 0 Å². The summed E-state index contributed by atoms with van der Waals surface area (Å²) >= 11 is 0. The summed E-state index contributed by atoms with van der Waals surface area (Å²) in [5, 5.41) is 19.3. The molecule has 1 aromatic heterocycles. The van der Waals surface area contributed by atoms with Crippen molar-refractivity contribution in [3.63, 3.8) is 0 Å². The fraction of sp³-hybridized carbons (Fsp3) is 0.333. The van der Waals surface area contributed by atoms with E-state index >= 15 is 0 Å². The third-order valence-corrected chi connectivity index (χ3v) is 7.21. The van der Waals surface area contributed by atoms with Crippen LogP contribution in [0.4, 0.5) is 0 Å². The third kappa shape index (κ3) is 4.92. The fourth-order valence-corrected chi connectivity index (χ4v) is 4.95. The minimum Gasteiger partial charge on any atom is -0.478 e. The normalized spacial score (nSPS) is 11.6. The minimum atomic E-state index is -3.59. The molecule has 32 heavy (non-hydrogen) atoms. The molecule has 0 unspecified atom stereocenters. The van der Waals surface area contributed by atoms with Crippen molar-refractivity contribution >= 4 is 15.8 Å². The van der Waals surface area contributed by atoms with E-state index in [1.165, 1.54) is 0 Å². The summed E-state index contributed by atoms with van der Waals surface area (Å²) in [4.78, 5) is 16.0. The number of hydrogen-bond donors (Lipinski definition) is 2. The molecule has 0 saturated carbocycles. The van der Waals surface area contributed by atoms with Crippen LogP contribution in [0.5, 0.6) is 0 Å². The van der Waals surface area contributed by atoms with Crippen LogP contribution >= 0.6 is 0 Å². The van der Waals surface area contributed by atoms with E-state index in [2.05, 4.69) is 11.9 Å². The van der Waals surface area contributed by atoms with Crippen LogP contribution in [0, 0.1) is 0 Å². The zero-order valence-electron chi connectivity index (χ0n) is 18.3. The summed E-state index contributed by atoms with van der Waals surface area (Å²) in [6.07, 6.45) is 2.42. The van der Waals surface area contributed by atoms with Crippen LogP contribution < -0.4 is 0 Å². The van der Waals surface area contributed by atoms with E-state index in [1.54, 1.807) is 35.8 Å². The SMILES string of the molecule is CCCCc1nc(CO)c(S(=O)(=O)CC)n1Cc1ccc(-c2ccccc2C(=O)O)cc1. The van der Waals surface area contributed by atoms with Crippen LogP contribution in [-0.4, -0.2) is 39.9 Å². The molecular weight excluding hydrogens is 428 g/mol. The van der Waals surface area contributed by atoms with Crippen LogP contribution in [0.2, 0.25) is 0 Å². The number of aryl methyl sites for hydroxylation is 1. The summed E-state index contributed by atoms with van der Waals surface area (Å²) in [6, 6.07) is 14.2. The second-order valence-corrected chi connectivity index (χ2v) is 9.77. The standard InChI is InChI=1S/C24H28N2O5S/c1-3-5-10-22-25-21(16-27)23(32(30,31)4-2)26(22)15-17-11-13-18(14-12-17)19-8-6-7-9-20(19)24(28)29/h6-9,11-14,27H,3-5,10,15-16H2,1-2H3,(H,28,29). The Bertz CT molecular complexity index is 1200. The van der Waals surface area contributed by atoms with Crippen LogP contribution in [-0.2, 0) is 29.4 Å². The maximum atomic E-state index is 12.8. The summed E-state index contributed by atoms with van der Waals surface area (Å²) < 4.78 is 27.3. The first-order valence-corrected chi connectivity index (χ1v) is 12.3. The van der Waals surface area contributed by atoms with E-state index in [9.17, 15) is 23.4 Å². The van der Waals surface area contributed by atoms with E-state index in [0.717, 1.165) is 24.0 Å². The fourth-order valence-electron chi connectivity index (χ4n) is 3.71. The van der Waals surface area contributed by atoms with Gasteiger partial charge in [0, 0.05) is 13.0 Å². The maximum Gasteiger partial charge on any atom is 0.336 e. The topological polar surface area (TPSA) is 109 Å². The molecule has 0 saturated heterocycles. The van der Waals surface area contributed by atoms with Crippen molar-refractivity contribution < 1.29 is 23.4 Å². The van der Waals surface area contributed by atoms with Crippen molar-refractivity contribution in [3.05, 3.63) is 71.2 Å². The van der Waals surface area contributed by atoms with Gasteiger partial charge < -0.3 is 14.8 Å². The predicted octanol–water partition coefficient (Wildman–Crippen LogP) is 3.93. The highest BCUT2D eigenvalue weighted by atomic mass is 32.2. The number of nitrogens with zero attached hydrogens (tertiary/aromatic N) is 2. The first-order chi connectivity index (χ1) is 15.3. The Morgan fingerprint density at radius 1 is 1.06 bits per heavy atom. The number of aromatic nitrogens is 2. The number of carbonyl (C=O) groups is 1. The molecule has 0 spiro atoms. The first kappa shape index (κ1) is 23.7. The Balaban J connectivity index is 2.01. The lowest BCUT2D eigenvalue weighted by atomic mass is 9.99. The van der Waals surface area contributed by atoms with Gasteiger partial charge in [0.2, 0.25) is 0 Å². The van der Waals surface area contributed by atoms with Crippen LogP contribution in [0.25, 0.3) is 11.1 Å². The Kier molecular flexibility index (Phi) is 7.48. The van der Waals surface area contributed by atoms with Gasteiger partial charge in [-0.15, -0.1) is 0 Å². The minimum absolute atomic E-state index is 0.0777. The summed E-state index contributed by atoms with van der Waals surface area (Å²) in [5.74, 6) is -0.429. The van der Waals surface area contributed by atoms with Crippen LogP contribution in [0.1, 0.15) is 54.1 Å². The highest BCUT2D eigenvalue weighted by Gasteiger charge is 2.26. The zero-order valence-corrected chi connectivity index (χ0v) is 19.1. The van der Waals surface area contributed by atoms with Crippen molar-refractivity contribution in [2.45, 2.75) is 51.3 Å². The van der Waals surface area contributed by atoms with Gasteiger partial charge in [-0.05, 0) is 29.2 Å². The first-order valence-electron chi connectivity index (χ1n) is 10.7. The monoisotopic (exact) mass is 456 g/mol. The van der Waals surface area contributed by atoms with E-state index < -0.39 is 22.4 Å². The van der Waals surface area contributed by atoms with Crippen LogP contribution in [0.3, 0.4) is 0 Å². The Hall–Kier alpha value is -2.97. The number of carboxylic acids is 1. The molecule has 2 aromatic carbocycles. The van der Waals surface area contributed by atoms with E-state index in [4.69, 9.17) is 0 Å². The van der Waals surface area contributed by atoms with E-state index in [1.807, 2.05) is 24.3 Å². The number of hydrogen-bond acceptors (Lipinski definition) is 5. The summed E-state index contributed by atoms with van der Waals surface area (Å²) in [7, 11) is -3.59. The molecule has 7 nitrogen and oxygen atoms in total. The van der Waals surface area contributed by atoms with Gasteiger partial charge >= 0.3 is 5.97 Å². The number of rotatable bonds is 10. The van der Waals surface area contributed by atoms with E-state index in [0.29, 0.717) is 24.4 Å². The molecule has 0 atom stereocenters. The van der Waals surface area contributed by atoms with Gasteiger partial charge in [0.15, 0.2) is 14.9 Å². The maximum absolute atomic E-state index is 12.8. The molecule has 3 aromatic rings. The van der Waals surface area contributed by atoms with Gasteiger partial charge in [-0.3, -0.25) is 0 Å². The Morgan fingerprint density at radius 3 is 2.34 bits per heavy atom. The van der Waals surface area contributed by atoms with Gasteiger partial charge in [0.25, 0.3) is 0 Å². The Labute approximate surface area is 188 Å². The number of carboxylic acid groups (broad SMARTS) is 1. The number of aliphatic hydroxyl groups is 1. The van der Waals surface area contributed by atoms with Gasteiger partial charge in [-0.1, -0.05) is 62.7 Å². The lowest BCUT2D eigenvalue weighted by Gasteiger charge is -2.13. The number of unbranched alkanes of at least 4 members (excludes halogenated alkanes) is 1. The van der Waals surface area contributed by atoms with Gasteiger partial charge in [0.1, 0.15) is 11.5 Å². The zero-order chi connectivity index (χ0) is 23.3. The average Bonchev–Trinajstić information content (AvgIpc) is 3.16. The molecule has 170 valence electrons. The molecule has 1 heterocycles. The average molecular weight is 457 g/mol. The molecular formula is C24H28N2O5S. The third-order valence-electron chi connectivity index (χ3n) is 5.41. The second kappa shape index (κ2) is 10.1. The van der Waals surface area contributed by atoms with Crippen molar-refractivity contribution in [1.29, 1.82) is 0 Å². The van der Waals surface area contributed by atoms with Crippen LogP contribution in [0.15, 0.2) is 53.6 Å². The number of benzene rings is 2. The smallest absolute Gasteiger partial charge is 0.336 e. The molecule has 8 heteroatoms. The molecule has 0 bridgehead atoms. The molecule has 2 N–H and O–H groups in total.